The highest BCUT2D eigenvalue weighted by molar-refractivity contribution is 5.88. The molecule has 4 heteroatoms. The van der Waals surface area contributed by atoms with Crippen molar-refractivity contribution in [2.75, 3.05) is 39.6 Å². The smallest absolute Gasteiger partial charge is 0.127 e. The van der Waals surface area contributed by atoms with Crippen LogP contribution in [-0.2, 0) is 9.47 Å². The highest BCUT2D eigenvalue weighted by Crippen LogP contribution is 2.25. The first kappa shape index (κ1) is 20.2. The van der Waals surface area contributed by atoms with Crippen molar-refractivity contribution in [1.29, 1.82) is 0 Å². The zero-order valence-electron chi connectivity index (χ0n) is 17.0. The third-order valence-electron chi connectivity index (χ3n) is 4.84. The molecule has 0 atom stereocenters. The van der Waals surface area contributed by atoms with Crippen LogP contribution < -0.4 is 9.47 Å². The van der Waals surface area contributed by atoms with Gasteiger partial charge in [0.2, 0.25) is 0 Å². The predicted molar refractivity (Wildman–Crippen MR) is 121 cm³/mol. The summed E-state index contributed by atoms with van der Waals surface area (Å²) in [5.74, 6) is 1.78. The Labute approximate surface area is 176 Å². The lowest BCUT2D eigenvalue weighted by Gasteiger charge is -2.11. The summed E-state index contributed by atoms with van der Waals surface area (Å²) in [5.41, 5.74) is 0. The summed E-state index contributed by atoms with van der Waals surface area (Å²) in [6.07, 6.45) is 0. The highest BCUT2D eigenvalue weighted by atomic mass is 16.6. The number of rotatable bonds is 11. The van der Waals surface area contributed by atoms with Gasteiger partial charge >= 0.3 is 0 Å². The third kappa shape index (κ3) is 5.29. The number of benzene rings is 4. The van der Waals surface area contributed by atoms with Crippen molar-refractivity contribution in [3.63, 3.8) is 0 Å². The Morgan fingerprint density at radius 1 is 0.400 bits per heavy atom. The van der Waals surface area contributed by atoms with Crippen molar-refractivity contribution in [2.45, 2.75) is 0 Å². The Hall–Kier alpha value is -3.08. The molecular weight excluding hydrogens is 376 g/mol. The fourth-order valence-corrected chi connectivity index (χ4v) is 3.39. The van der Waals surface area contributed by atoms with E-state index in [1.165, 1.54) is 10.8 Å². The maximum absolute atomic E-state index is 5.86. The van der Waals surface area contributed by atoms with Crippen LogP contribution in [0.15, 0.2) is 84.9 Å². The van der Waals surface area contributed by atoms with Crippen LogP contribution in [0, 0.1) is 0 Å². The van der Waals surface area contributed by atoms with E-state index in [2.05, 4.69) is 36.4 Å². The first-order valence-corrected chi connectivity index (χ1v) is 10.3. The average molecular weight is 402 g/mol. The van der Waals surface area contributed by atoms with E-state index in [0.29, 0.717) is 39.6 Å². The van der Waals surface area contributed by atoms with Gasteiger partial charge in [-0.2, -0.15) is 0 Å². The normalized spacial score (nSPS) is 11.1. The quantitative estimate of drug-likeness (QED) is 0.311. The van der Waals surface area contributed by atoms with Crippen LogP contribution in [0.5, 0.6) is 11.5 Å². The summed E-state index contributed by atoms with van der Waals surface area (Å²) < 4.78 is 22.9. The van der Waals surface area contributed by atoms with Gasteiger partial charge in [0.25, 0.3) is 0 Å². The van der Waals surface area contributed by atoms with Gasteiger partial charge in [0.1, 0.15) is 24.7 Å². The first-order valence-electron chi connectivity index (χ1n) is 10.3. The lowest BCUT2D eigenvalue weighted by atomic mass is 10.1. The summed E-state index contributed by atoms with van der Waals surface area (Å²) in [4.78, 5) is 0. The average Bonchev–Trinajstić information content (AvgIpc) is 2.80. The van der Waals surface area contributed by atoms with E-state index in [4.69, 9.17) is 18.9 Å². The Kier molecular flexibility index (Phi) is 7.16. The molecule has 0 radical (unpaired) electrons. The van der Waals surface area contributed by atoms with E-state index in [0.717, 1.165) is 22.3 Å². The summed E-state index contributed by atoms with van der Waals surface area (Å²) in [6, 6.07) is 28.6. The van der Waals surface area contributed by atoms with Crippen molar-refractivity contribution in [3.05, 3.63) is 84.9 Å². The molecule has 4 aromatic carbocycles. The topological polar surface area (TPSA) is 36.9 Å². The molecule has 0 aliphatic carbocycles. The minimum Gasteiger partial charge on any atom is -0.491 e. The monoisotopic (exact) mass is 402 g/mol. The molecule has 0 heterocycles. The van der Waals surface area contributed by atoms with Crippen molar-refractivity contribution in [1.82, 2.24) is 0 Å². The van der Waals surface area contributed by atoms with E-state index in [-0.39, 0.29) is 0 Å². The molecule has 0 aliphatic heterocycles. The van der Waals surface area contributed by atoms with Crippen LogP contribution in [-0.4, -0.2) is 39.6 Å². The van der Waals surface area contributed by atoms with E-state index >= 15 is 0 Å². The SMILES string of the molecule is c1ccc2c(OCCOCCOCCOc3cccc4ccccc34)cccc2c1. The minimum atomic E-state index is 0.512. The summed E-state index contributed by atoms with van der Waals surface area (Å²) in [7, 11) is 0. The van der Waals surface area contributed by atoms with E-state index in [9.17, 15) is 0 Å². The van der Waals surface area contributed by atoms with Gasteiger partial charge in [-0.25, -0.2) is 0 Å². The summed E-state index contributed by atoms with van der Waals surface area (Å²) in [6.45, 7) is 3.15. The zero-order chi connectivity index (χ0) is 20.4. The molecule has 4 rings (SSSR count). The van der Waals surface area contributed by atoms with Crippen LogP contribution in [0.2, 0.25) is 0 Å². The second-order valence-corrected chi connectivity index (χ2v) is 6.88. The number of hydrogen-bond donors (Lipinski definition) is 0. The van der Waals surface area contributed by atoms with Gasteiger partial charge in [-0.3, -0.25) is 0 Å². The molecule has 0 aromatic heterocycles. The van der Waals surface area contributed by atoms with Crippen molar-refractivity contribution < 1.29 is 18.9 Å². The maximum Gasteiger partial charge on any atom is 0.127 e. The van der Waals surface area contributed by atoms with Gasteiger partial charge in [0, 0.05) is 10.8 Å². The van der Waals surface area contributed by atoms with Crippen molar-refractivity contribution >= 4 is 21.5 Å². The van der Waals surface area contributed by atoms with Gasteiger partial charge in [0.05, 0.1) is 26.4 Å². The Morgan fingerprint density at radius 3 is 1.30 bits per heavy atom. The fraction of sp³-hybridized carbons (Fsp3) is 0.231. The first-order chi connectivity index (χ1) is 14.9. The van der Waals surface area contributed by atoms with Gasteiger partial charge < -0.3 is 18.9 Å². The molecule has 4 nitrogen and oxygen atoms in total. The summed E-state index contributed by atoms with van der Waals surface area (Å²) in [5, 5.41) is 4.59. The fourth-order valence-electron chi connectivity index (χ4n) is 3.39. The molecule has 0 N–H and O–H groups in total. The third-order valence-corrected chi connectivity index (χ3v) is 4.84. The molecule has 0 saturated carbocycles. The number of fused-ring (bicyclic) bond motifs is 2. The molecule has 0 amide bonds. The van der Waals surface area contributed by atoms with Gasteiger partial charge in [-0.1, -0.05) is 72.8 Å². The molecule has 0 aliphatic rings. The standard InChI is InChI=1S/C26H26O4/c1-3-11-23-21(7-1)9-5-13-25(23)29-19-17-27-15-16-28-18-20-30-26-14-6-10-22-8-2-4-12-24(22)26/h1-14H,15-20H2. The van der Waals surface area contributed by atoms with Crippen LogP contribution >= 0.6 is 0 Å². The van der Waals surface area contributed by atoms with Gasteiger partial charge in [0.15, 0.2) is 0 Å². The molecular formula is C26H26O4. The second kappa shape index (κ2) is 10.6. The van der Waals surface area contributed by atoms with Gasteiger partial charge in [-0.05, 0) is 22.9 Å². The number of ether oxygens (including phenoxy) is 4. The Morgan fingerprint density at radius 2 is 0.800 bits per heavy atom. The molecule has 0 bridgehead atoms. The predicted octanol–water partition coefficient (Wildman–Crippen LogP) is 5.48. The number of hydrogen-bond acceptors (Lipinski definition) is 4. The summed E-state index contributed by atoms with van der Waals surface area (Å²) >= 11 is 0. The van der Waals surface area contributed by atoms with Gasteiger partial charge in [-0.15, -0.1) is 0 Å². The van der Waals surface area contributed by atoms with Crippen LogP contribution in [0.3, 0.4) is 0 Å². The lowest BCUT2D eigenvalue weighted by Crippen LogP contribution is -2.13. The Balaban J connectivity index is 1.08. The zero-order valence-corrected chi connectivity index (χ0v) is 17.0. The van der Waals surface area contributed by atoms with Crippen LogP contribution in [0.25, 0.3) is 21.5 Å². The molecule has 30 heavy (non-hydrogen) atoms. The molecule has 0 spiro atoms. The molecule has 0 saturated heterocycles. The minimum absolute atomic E-state index is 0.512. The molecule has 0 unspecified atom stereocenters. The maximum atomic E-state index is 5.86. The van der Waals surface area contributed by atoms with Crippen molar-refractivity contribution in [3.8, 4) is 11.5 Å². The molecule has 0 fully saturated rings. The van der Waals surface area contributed by atoms with Crippen LogP contribution in [0.1, 0.15) is 0 Å². The molecule has 154 valence electrons. The highest BCUT2D eigenvalue weighted by Gasteiger charge is 2.02. The van der Waals surface area contributed by atoms with Crippen LogP contribution in [0.4, 0.5) is 0 Å². The van der Waals surface area contributed by atoms with E-state index in [1.807, 2.05) is 48.5 Å². The Bertz CT molecular complexity index is 979. The van der Waals surface area contributed by atoms with E-state index in [1.54, 1.807) is 0 Å². The van der Waals surface area contributed by atoms with E-state index < -0.39 is 0 Å². The second-order valence-electron chi connectivity index (χ2n) is 6.88. The largest absolute Gasteiger partial charge is 0.491 e. The lowest BCUT2D eigenvalue weighted by molar-refractivity contribution is 0.0276. The van der Waals surface area contributed by atoms with Crippen molar-refractivity contribution in [2.24, 2.45) is 0 Å². The molecule has 4 aromatic rings.